The summed E-state index contributed by atoms with van der Waals surface area (Å²) in [5.74, 6) is 0. The second-order valence-corrected chi connectivity index (χ2v) is 0.204. The summed E-state index contributed by atoms with van der Waals surface area (Å²) >= 11 is -0.750. The molecule has 0 aromatic heterocycles. The third-order valence-corrected chi connectivity index (χ3v) is 0. The van der Waals surface area contributed by atoms with Gasteiger partial charge in [0.15, 0.2) is 0 Å². The molecule has 0 aromatic rings. The van der Waals surface area contributed by atoms with Crippen LogP contribution in [0.5, 0.6) is 0 Å². The maximum absolute atomic E-state index is 8.29. The second kappa shape index (κ2) is 41.6. The third-order valence-electron chi connectivity index (χ3n) is 0. The first kappa shape index (κ1) is 22.9. The molecule has 0 bridgehead atoms. The minimum atomic E-state index is -0.750. The summed E-state index contributed by atoms with van der Waals surface area (Å²) in [6, 6.07) is 0. The van der Waals surface area contributed by atoms with Gasteiger partial charge in [-0.2, -0.15) is 0 Å². The van der Waals surface area contributed by atoms with Crippen LogP contribution < -0.4 is 59.1 Å². The van der Waals surface area contributed by atoms with Gasteiger partial charge < -0.3 is 21.4 Å². The molecule has 34 valence electrons. The summed E-state index contributed by atoms with van der Waals surface area (Å²) in [7, 11) is 0. The molecule has 0 amide bonds. The van der Waals surface area contributed by atoms with Gasteiger partial charge in [0.1, 0.15) is 0 Å². The van der Waals surface area contributed by atoms with Crippen molar-refractivity contribution < 1.29 is 78.7 Å². The van der Waals surface area contributed by atoms with Gasteiger partial charge in [-0.25, -0.2) is 0 Å². The molecule has 0 radical (unpaired) electrons. The Balaban J connectivity index is -0.0000000105. The van der Waals surface area contributed by atoms with Crippen LogP contribution in [-0.4, -0.2) is 19.6 Å². The first-order valence-electron chi connectivity index (χ1n) is 0.533. The van der Waals surface area contributed by atoms with E-state index in [0.717, 1.165) is 0 Å². The van der Waals surface area contributed by atoms with E-state index in [9.17, 15) is 0 Å². The van der Waals surface area contributed by atoms with Crippen molar-refractivity contribution in [2.45, 2.75) is 0 Å². The molecule has 7 heteroatoms. The SMILES string of the molecule is OO.[Na+].[Na+].[O-]S[O-]. The molecule has 0 aliphatic rings. The van der Waals surface area contributed by atoms with Crippen LogP contribution in [0.1, 0.15) is 0 Å². The number of rotatable bonds is 0. The quantitative estimate of drug-likeness (QED) is 0.153. The zero-order chi connectivity index (χ0) is 4.71. The van der Waals surface area contributed by atoms with Crippen molar-refractivity contribution in [1.29, 1.82) is 0 Å². The number of hydrogen-bond donors (Lipinski definition) is 2. The third kappa shape index (κ3) is 65.4. The Bertz CT molecular complexity index is 9.65. The molecule has 2 N–H and O–H groups in total. The van der Waals surface area contributed by atoms with Crippen molar-refractivity contribution in [2.24, 2.45) is 0 Å². The molecule has 0 saturated carbocycles. The first-order chi connectivity index (χ1) is 2.41. The Morgan fingerprint density at radius 3 is 1.00 bits per heavy atom. The Kier molecular flexibility index (Phi) is 136. The van der Waals surface area contributed by atoms with E-state index < -0.39 is 12.3 Å². The van der Waals surface area contributed by atoms with Crippen LogP contribution in [0.4, 0.5) is 0 Å². The van der Waals surface area contributed by atoms with E-state index in [4.69, 9.17) is 19.6 Å². The second-order valence-electron chi connectivity index (χ2n) is 0.0680. The van der Waals surface area contributed by atoms with Crippen LogP contribution in [0.25, 0.3) is 0 Å². The van der Waals surface area contributed by atoms with E-state index in [0.29, 0.717) is 0 Å². The zero-order valence-corrected chi connectivity index (χ0v) is 8.94. The van der Waals surface area contributed by atoms with Gasteiger partial charge in [0, 0.05) is 0 Å². The van der Waals surface area contributed by atoms with E-state index in [2.05, 4.69) is 0 Å². The smallest absolute Gasteiger partial charge is 0.811 e. The monoisotopic (exact) mass is 144 g/mol. The summed E-state index contributed by atoms with van der Waals surface area (Å²) in [6.45, 7) is 0. The van der Waals surface area contributed by atoms with Gasteiger partial charge in [0.25, 0.3) is 0 Å². The van der Waals surface area contributed by atoms with Crippen molar-refractivity contribution >= 4 is 12.3 Å². The molecule has 0 saturated heterocycles. The van der Waals surface area contributed by atoms with Crippen LogP contribution in [0.3, 0.4) is 0 Å². The zero-order valence-electron chi connectivity index (χ0n) is 4.12. The van der Waals surface area contributed by atoms with Gasteiger partial charge in [-0.05, 0) is 0 Å². The molecular weight excluding hydrogens is 142 g/mol. The molecule has 0 unspecified atom stereocenters. The molecule has 4 nitrogen and oxygen atoms in total. The van der Waals surface area contributed by atoms with Gasteiger partial charge in [-0.1, -0.05) is 0 Å². The minimum Gasteiger partial charge on any atom is -0.811 e. The molecule has 7 heavy (non-hydrogen) atoms. The van der Waals surface area contributed by atoms with Gasteiger partial charge >= 0.3 is 59.1 Å². The van der Waals surface area contributed by atoms with Crippen molar-refractivity contribution in [1.82, 2.24) is 0 Å². The first-order valence-corrected chi connectivity index (χ1v) is 1.20. The molecular formula is H2Na2O4S. The Labute approximate surface area is 89.9 Å². The molecule has 0 rings (SSSR count). The van der Waals surface area contributed by atoms with Crippen LogP contribution in [-0.2, 0) is 0 Å². The summed E-state index contributed by atoms with van der Waals surface area (Å²) < 4.78 is 16.6. The Morgan fingerprint density at radius 2 is 1.00 bits per heavy atom. The maximum Gasteiger partial charge on any atom is 1.00 e. The largest absolute Gasteiger partial charge is 1.00 e. The fraction of sp³-hybridized carbons (Fsp3) is 0. The fourth-order valence-corrected chi connectivity index (χ4v) is 0. The van der Waals surface area contributed by atoms with E-state index in [1.165, 1.54) is 0 Å². The molecule has 0 aliphatic carbocycles. The molecule has 0 fully saturated rings. The fourth-order valence-electron chi connectivity index (χ4n) is 0. The number of hydrogen-bond acceptors (Lipinski definition) is 5. The molecule has 0 spiro atoms. The predicted octanol–water partition coefficient (Wildman–Crippen LogP) is -5.99. The summed E-state index contributed by atoms with van der Waals surface area (Å²) in [5.41, 5.74) is 0. The van der Waals surface area contributed by atoms with Crippen LogP contribution in [0, 0.1) is 0 Å². The Hall–Kier alpha value is 2.19. The van der Waals surface area contributed by atoms with Crippen molar-refractivity contribution in [3.63, 3.8) is 0 Å². The van der Waals surface area contributed by atoms with Crippen LogP contribution in [0.2, 0.25) is 0 Å². The van der Waals surface area contributed by atoms with Crippen molar-refractivity contribution in [3.05, 3.63) is 0 Å². The minimum absolute atomic E-state index is 0. The average Bonchev–Trinajstić information content (AvgIpc) is 1.46. The molecule has 0 aliphatic heterocycles. The van der Waals surface area contributed by atoms with Crippen LogP contribution in [0.15, 0.2) is 0 Å². The van der Waals surface area contributed by atoms with Gasteiger partial charge in [-0.3, -0.25) is 10.5 Å². The average molecular weight is 144 g/mol. The molecule has 0 atom stereocenters. The summed E-state index contributed by atoms with van der Waals surface area (Å²) in [6.07, 6.45) is 0. The normalized spacial score (nSPS) is 3.43. The van der Waals surface area contributed by atoms with Gasteiger partial charge in [0.05, 0.1) is 0 Å². The van der Waals surface area contributed by atoms with E-state index in [-0.39, 0.29) is 59.1 Å². The molecule has 0 heterocycles. The topological polar surface area (TPSA) is 86.6 Å². The molecule has 0 aromatic carbocycles. The summed E-state index contributed by atoms with van der Waals surface area (Å²) in [5, 5.41) is 12.0. The Morgan fingerprint density at radius 1 is 1.00 bits per heavy atom. The van der Waals surface area contributed by atoms with E-state index in [1.807, 2.05) is 0 Å². The van der Waals surface area contributed by atoms with Gasteiger partial charge in [-0.15, -0.1) is 0 Å². The van der Waals surface area contributed by atoms with Crippen molar-refractivity contribution in [2.75, 3.05) is 0 Å². The summed E-state index contributed by atoms with van der Waals surface area (Å²) in [4.78, 5) is 0. The van der Waals surface area contributed by atoms with Gasteiger partial charge in [0.2, 0.25) is 0 Å². The predicted molar refractivity (Wildman–Crippen MR) is 14.4 cm³/mol. The standard InChI is InChI=1S/2Na.H2O2S.H2O2/c;;1-3-2;1-2/h;;1-2H;1-2H/q2*+1;;/p-2. The maximum atomic E-state index is 8.29. The van der Waals surface area contributed by atoms with Crippen molar-refractivity contribution in [3.8, 4) is 0 Å². The van der Waals surface area contributed by atoms with Crippen LogP contribution >= 0.6 is 12.3 Å². The van der Waals surface area contributed by atoms with E-state index in [1.54, 1.807) is 0 Å². The van der Waals surface area contributed by atoms with E-state index >= 15 is 0 Å².